The summed E-state index contributed by atoms with van der Waals surface area (Å²) >= 11 is 0. The van der Waals surface area contributed by atoms with E-state index in [9.17, 15) is 0 Å². The van der Waals surface area contributed by atoms with Gasteiger partial charge >= 0.3 is 0 Å². The van der Waals surface area contributed by atoms with E-state index in [1.807, 2.05) is 48.5 Å². The summed E-state index contributed by atoms with van der Waals surface area (Å²) in [6.07, 6.45) is 0. The first kappa shape index (κ1) is 28.3. The zero-order valence-electron chi connectivity index (χ0n) is 26.9. The number of fused-ring (bicyclic) bond motifs is 6. The monoisotopic (exact) mass is 640 g/mol. The minimum Gasteiger partial charge on any atom is -0.456 e. The number of hydrogen-bond acceptors (Lipinski definition) is 4. The van der Waals surface area contributed by atoms with Crippen molar-refractivity contribution in [3.63, 3.8) is 0 Å². The summed E-state index contributed by atoms with van der Waals surface area (Å²) in [5.74, 6) is 0.613. The summed E-state index contributed by atoms with van der Waals surface area (Å²) in [6, 6.07) is 58.5. The molecule has 0 spiro atoms. The predicted molar refractivity (Wildman–Crippen MR) is 204 cm³/mol. The van der Waals surface area contributed by atoms with Crippen LogP contribution in [0.3, 0.4) is 0 Å². The normalized spacial score (nSPS) is 11.6. The van der Waals surface area contributed by atoms with Gasteiger partial charge in [0.15, 0.2) is 5.82 Å². The van der Waals surface area contributed by atoms with E-state index in [0.717, 1.165) is 83.1 Å². The lowest BCUT2D eigenvalue weighted by Crippen LogP contribution is -1.97. The van der Waals surface area contributed by atoms with Gasteiger partial charge in [-0.25, -0.2) is 9.97 Å². The van der Waals surface area contributed by atoms with Crippen molar-refractivity contribution in [2.75, 3.05) is 0 Å². The molecule has 0 atom stereocenters. The summed E-state index contributed by atoms with van der Waals surface area (Å²) < 4.78 is 12.8. The van der Waals surface area contributed by atoms with Gasteiger partial charge in [0.05, 0.1) is 11.4 Å². The third-order valence-electron chi connectivity index (χ3n) is 9.55. The summed E-state index contributed by atoms with van der Waals surface area (Å²) in [7, 11) is 0. The van der Waals surface area contributed by atoms with Crippen molar-refractivity contribution >= 4 is 43.9 Å². The largest absolute Gasteiger partial charge is 0.456 e. The van der Waals surface area contributed by atoms with Crippen LogP contribution in [-0.2, 0) is 0 Å². The van der Waals surface area contributed by atoms with Gasteiger partial charge in [-0.2, -0.15) is 0 Å². The summed E-state index contributed by atoms with van der Waals surface area (Å²) in [5, 5.41) is 4.30. The first-order chi connectivity index (χ1) is 24.8. The third kappa shape index (κ3) is 4.69. The smallest absolute Gasteiger partial charge is 0.160 e. The van der Waals surface area contributed by atoms with E-state index in [2.05, 4.69) is 121 Å². The molecule has 0 bridgehead atoms. The molecule has 4 nitrogen and oxygen atoms in total. The van der Waals surface area contributed by atoms with E-state index < -0.39 is 0 Å². The van der Waals surface area contributed by atoms with Crippen LogP contribution in [0.4, 0.5) is 0 Å². The van der Waals surface area contributed by atoms with Crippen molar-refractivity contribution in [1.82, 2.24) is 9.97 Å². The van der Waals surface area contributed by atoms with Gasteiger partial charge in [-0.1, -0.05) is 133 Å². The van der Waals surface area contributed by atoms with Gasteiger partial charge in [-0.15, -0.1) is 0 Å². The molecule has 3 aromatic heterocycles. The van der Waals surface area contributed by atoms with Crippen LogP contribution < -0.4 is 0 Å². The molecule has 0 saturated carbocycles. The molecule has 0 radical (unpaired) electrons. The maximum absolute atomic E-state index is 6.49. The molecular weight excluding hydrogens is 613 g/mol. The molecule has 0 aliphatic rings. The lowest BCUT2D eigenvalue weighted by molar-refractivity contribution is 0.668. The molecule has 4 heteroatoms. The molecule has 0 amide bonds. The average Bonchev–Trinajstić information content (AvgIpc) is 3.76. The van der Waals surface area contributed by atoms with E-state index in [-0.39, 0.29) is 0 Å². The molecular formula is C46H28N2O2. The Morgan fingerprint density at radius 1 is 0.320 bits per heavy atom. The minimum absolute atomic E-state index is 0.613. The quantitative estimate of drug-likeness (QED) is 0.188. The molecule has 0 aliphatic carbocycles. The van der Waals surface area contributed by atoms with Crippen molar-refractivity contribution in [1.29, 1.82) is 0 Å². The Bertz CT molecular complexity index is 2860. The van der Waals surface area contributed by atoms with Gasteiger partial charge < -0.3 is 8.83 Å². The van der Waals surface area contributed by atoms with Crippen LogP contribution >= 0.6 is 0 Å². The fraction of sp³-hybridized carbons (Fsp3) is 0. The van der Waals surface area contributed by atoms with Gasteiger partial charge in [-0.05, 0) is 58.7 Å². The fourth-order valence-electron chi connectivity index (χ4n) is 7.10. The summed E-state index contributed by atoms with van der Waals surface area (Å²) in [5.41, 5.74) is 12.3. The second kappa shape index (κ2) is 11.4. The van der Waals surface area contributed by atoms with Gasteiger partial charge in [-0.3, -0.25) is 0 Å². The fourth-order valence-corrected chi connectivity index (χ4v) is 7.10. The number of aromatic nitrogens is 2. The Balaban J connectivity index is 1.17. The minimum atomic E-state index is 0.613. The molecule has 0 unspecified atom stereocenters. The average molecular weight is 641 g/mol. The zero-order valence-corrected chi connectivity index (χ0v) is 26.9. The molecule has 0 aliphatic heterocycles. The van der Waals surface area contributed by atoms with E-state index in [4.69, 9.17) is 18.8 Å². The van der Waals surface area contributed by atoms with Crippen LogP contribution in [0.2, 0.25) is 0 Å². The summed E-state index contributed by atoms with van der Waals surface area (Å²) in [4.78, 5) is 10.5. The van der Waals surface area contributed by atoms with E-state index >= 15 is 0 Å². The third-order valence-corrected chi connectivity index (χ3v) is 9.55. The van der Waals surface area contributed by atoms with Gasteiger partial charge in [0.2, 0.25) is 0 Å². The van der Waals surface area contributed by atoms with Crippen LogP contribution in [0.1, 0.15) is 0 Å². The van der Waals surface area contributed by atoms with E-state index in [0.29, 0.717) is 5.82 Å². The van der Waals surface area contributed by atoms with Crippen molar-refractivity contribution in [3.05, 3.63) is 170 Å². The van der Waals surface area contributed by atoms with Crippen LogP contribution in [0.25, 0.3) is 100 Å². The molecule has 0 saturated heterocycles. The standard InChI is InChI=1S/C46H28N2O2/c1-2-11-29(12-3-1)30-21-23-31(24-22-30)33-13-4-5-14-34(33)40-28-41(39-18-10-17-38-36-16-7-9-20-43(36)50-45(38)39)48-46(47-40)32-25-26-37-35-15-6-8-19-42(35)49-44(37)27-32/h1-28H. The SMILES string of the molecule is c1ccc(-c2ccc(-c3ccccc3-c3cc(-c4cccc5c4oc4ccccc45)nc(-c4ccc5c(c4)oc4ccccc45)n3)cc2)cc1. The molecule has 10 aromatic rings. The lowest BCUT2D eigenvalue weighted by atomic mass is 9.94. The van der Waals surface area contributed by atoms with Gasteiger partial charge in [0.1, 0.15) is 22.3 Å². The number of rotatable bonds is 5. The molecule has 234 valence electrons. The molecule has 0 fully saturated rings. The number of hydrogen-bond donors (Lipinski definition) is 0. The van der Waals surface area contributed by atoms with Crippen molar-refractivity contribution in [3.8, 4) is 56.2 Å². The topological polar surface area (TPSA) is 52.1 Å². The molecule has 3 heterocycles. The first-order valence-electron chi connectivity index (χ1n) is 16.7. The van der Waals surface area contributed by atoms with E-state index in [1.54, 1.807) is 0 Å². The maximum atomic E-state index is 6.49. The Hall–Kier alpha value is -6.78. The lowest BCUT2D eigenvalue weighted by Gasteiger charge is -2.13. The highest BCUT2D eigenvalue weighted by Gasteiger charge is 2.19. The number of nitrogens with zero attached hydrogens (tertiary/aromatic N) is 2. The zero-order chi connectivity index (χ0) is 33.0. The first-order valence-corrected chi connectivity index (χ1v) is 16.7. The van der Waals surface area contributed by atoms with Crippen molar-refractivity contribution < 1.29 is 8.83 Å². The highest BCUT2D eigenvalue weighted by atomic mass is 16.3. The highest BCUT2D eigenvalue weighted by molar-refractivity contribution is 6.09. The Morgan fingerprint density at radius 2 is 0.860 bits per heavy atom. The number of benzene rings is 7. The maximum Gasteiger partial charge on any atom is 0.160 e. The van der Waals surface area contributed by atoms with Crippen LogP contribution in [0.15, 0.2) is 179 Å². The Labute approximate surface area is 287 Å². The Morgan fingerprint density at radius 3 is 1.66 bits per heavy atom. The second-order valence-corrected chi connectivity index (χ2v) is 12.5. The van der Waals surface area contributed by atoms with Gasteiger partial charge in [0.25, 0.3) is 0 Å². The predicted octanol–water partition coefficient (Wildman–Crippen LogP) is 12.6. The Kier molecular flexibility index (Phi) is 6.46. The van der Waals surface area contributed by atoms with Gasteiger partial charge in [0, 0.05) is 38.2 Å². The molecule has 7 aromatic carbocycles. The van der Waals surface area contributed by atoms with Crippen molar-refractivity contribution in [2.45, 2.75) is 0 Å². The second-order valence-electron chi connectivity index (χ2n) is 12.5. The molecule has 50 heavy (non-hydrogen) atoms. The number of para-hydroxylation sites is 3. The molecule has 0 N–H and O–H groups in total. The number of furan rings is 2. The van der Waals surface area contributed by atoms with Crippen LogP contribution in [-0.4, -0.2) is 9.97 Å². The summed E-state index contributed by atoms with van der Waals surface area (Å²) in [6.45, 7) is 0. The van der Waals surface area contributed by atoms with Crippen LogP contribution in [0, 0.1) is 0 Å². The van der Waals surface area contributed by atoms with E-state index in [1.165, 1.54) is 11.1 Å². The molecule has 10 rings (SSSR count). The highest BCUT2D eigenvalue weighted by Crippen LogP contribution is 2.39. The van der Waals surface area contributed by atoms with Crippen LogP contribution in [0.5, 0.6) is 0 Å². The van der Waals surface area contributed by atoms with Crippen molar-refractivity contribution in [2.24, 2.45) is 0 Å².